The van der Waals surface area contributed by atoms with Crippen molar-refractivity contribution in [3.05, 3.63) is 168 Å². The van der Waals surface area contributed by atoms with Gasteiger partial charge in [0.15, 0.2) is 0 Å². The van der Waals surface area contributed by atoms with Gasteiger partial charge in [-0.25, -0.2) is 24.6 Å². The van der Waals surface area contributed by atoms with Gasteiger partial charge in [0.05, 0.1) is 39.5 Å². The van der Waals surface area contributed by atoms with Gasteiger partial charge in [0, 0.05) is 46.1 Å². The fourth-order valence-corrected chi connectivity index (χ4v) is 6.77. The molecule has 0 amide bonds. The Morgan fingerprint density at radius 3 is 1.59 bits per heavy atom. The van der Waals surface area contributed by atoms with Gasteiger partial charge in [-0.05, 0) is 91.0 Å². The normalized spacial score (nSPS) is 10.4. The van der Waals surface area contributed by atoms with Crippen molar-refractivity contribution in [2.45, 2.75) is 6.18 Å². The first-order chi connectivity index (χ1) is 30.2. The number of thiocyanates is 1. The van der Waals surface area contributed by atoms with E-state index in [1.807, 2.05) is 54.6 Å². The van der Waals surface area contributed by atoms with Crippen molar-refractivity contribution in [2.24, 2.45) is 0 Å². The summed E-state index contributed by atoms with van der Waals surface area (Å²) in [5.74, 6) is -3.56. The van der Waals surface area contributed by atoms with Crippen LogP contribution in [-0.4, -0.2) is 58.3 Å². The maximum atomic E-state index is 12.8. The van der Waals surface area contributed by atoms with Gasteiger partial charge in [-0.1, -0.05) is 47.5 Å². The average Bonchev–Trinajstić information content (AvgIpc) is 4.00. The van der Waals surface area contributed by atoms with Crippen molar-refractivity contribution in [1.29, 1.82) is 5.26 Å². The number of alkyl halides is 3. The van der Waals surface area contributed by atoms with Crippen LogP contribution in [0.3, 0.4) is 0 Å². The Kier molecular flexibility index (Phi) is 15.8. The average molecular weight is 986 g/mol. The summed E-state index contributed by atoms with van der Waals surface area (Å²) in [5, 5.41) is 43.9. The molecular weight excluding hydrogens is 959 g/mol. The van der Waals surface area contributed by atoms with Crippen LogP contribution in [0, 0.1) is 10.7 Å². The minimum atomic E-state index is -4.53. The van der Waals surface area contributed by atoms with Gasteiger partial charge in [0.1, 0.15) is 10.7 Å². The molecule has 64 heavy (non-hydrogen) atoms. The Balaban J connectivity index is 0.000000228. The summed E-state index contributed by atoms with van der Waals surface area (Å²) in [5.41, 5.74) is 2.74. The molecular formula is C44H27F3N8O6RuS2. The van der Waals surface area contributed by atoms with E-state index in [-0.39, 0.29) is 64.6 Å². The number of pyridine rings is 4. The van der Waals surface area contributed by atoms with Crippen molar-refractivity contribution in [2.75, 3.05) is 4.90 Å². The minimum absolute atomic E-state index is 0. The molecule has 6 aromatic heterocycles. The number of nitriles is 1. The van der Waals surface area contributed by atoms with Crippen LogP contribution in [0.2, 0.25) is 0 Å². The van der Waals surface area contributed by atoms with Crippen LogP contribution >= 0.6 is 11.3 Å². The predicted octanol–water partition coefficient (Wildman–Crippen LogP) is 9.63. The van der Waals surface area contributed by atoms with Gasteiger partial charge in [0.25, 0.3) is 0 Å². The first-order valence-corrected chi connectivity index (χ1v) is 19.2. The van der Waals surface area contributed by atoms with Crippen LogP contribution in [0.1, 0.15) is 36.8 Å². The number of carboxylic acids is 3. The maximum absolute atomic E-state index is 12.8. The van der Waals surface area contributed by atoms with Gasteiger partial charge in [-0.2, -0.15) is 13.2 Å². The SMILES string of the molecule is FC(F)(F)c1cc(-c2ccc(-c3ccc(N(c4ccccc4)c4ccccc4)s3)cn2)[n-]n1.N#C[S-].O=C(O)c1ccnc(-c2cc(C(=O)O)cc(-c3cc(C(=O)O)ccn3)n2)c1.[Ru+2]. The van der Waals surface area contributed by atoms with Crippen molar-refractivity contribution < 1.29 is 62.4 Å². The Hall–Kier alpha value is -7.72. The smallest absolute Gasteiger partial charge is 0.696 e. The summed E-state index contributed by atoms with van der Waals surface area (Å²) in [6.07, 6.45) is -0.335. The number of thiophene rings is 1. The zero-order valence-electron chi connectivity index (χ0n) is 32.3. The van der Waals surface area contributed by atoms with Crippen molar-refractivity contribution >= 4 is 58.2 Å². The number of hydrogen-bond donors (Lipinski definition) is 3. The fraction of sp³-hybridized carbons (Fsp3) is 0.0227. The molecule has 0 fully saturated rings. The fourth-order valence-electron chi connectivity index (χ4n) is 5.73. The molecule has 0 aliphatic heterocycles. The molecule has 0 unspecified atom stereocenters. The molecule has 0 atom stereocenters. The second kappa shape index (κ2) is 21.4. The summed E-state index contributed by atoms with van der Waals surface area (Å²) < 4.78 is 38.4. The van der Waals surface area contributed by atoms with E-state index in [9.17, 15) is 32.7 Å². The van der Waals surface area contributed by atoms with Crippen molar-refractivity contribution in [3.8, 4) is 50.0 Å². The van der Waals surface area contributed by atoms with E-state index in [2.05, 4.69) is 71.9 Å². The molecule has 8 rings (SSSR count). The number of anilines is 3. The van der Waals surface area contributed by atoms with Gasteiger partial charge in [-0.15, -0.1) is 11.3 Å². The van der Waals surface area contributed by atoms with Gasteiger partial charge in [-0.3, -0.25) is 15.0 Å². The summed E-state index contributed by atoms with van der Waals surface area (Å²) in [7, 11) is 0. The zero-order chi connectivity index (χ0) is 45.1. The Labute approximate surface area is 383 Å². The number of rotatable bonds is 10. The van der Waals surface area contributed by atoms with E-state index >= 15 is 0 Å². The number of carboxylic acid groups (broad SMARTS) is 3. The quantitative estimate of drug-likeness (QED) is 0.0660. The zero-order valence-corrected chi connectivity index (χ0v) is 35.7. The van der Waals surface area contributed by atoms with Crippen LogP contribution in [0.4, 0.5) is 29.5 Å². The Morgan fingerprint density at radius 2 is 1.16 bits per heavy atom. The van der Waals surface area contributed by atoms with Gasteiger partial charge >= 0.3 is 43.6 Å². The van der Waals surface area contributed by atoms with E-state index in [1.54, 1.807) is 23.6 Å². The van der Waals surface area contributed by atoms with E-state index in [4.69, 9.17) is 15.5 Å². The van der Waals surface area contributed by atoms with Crippen LogP contribution in [-0.2, 0) is 38.3 Å². The largest absolute Gasteiger partial charge is 2.00 e. The number of hydrogen-bond acceptors (Lipinski definition) is 12. The van der Waals surface area contributed by atoms with Gasteiger partial charge < -0.3 is 43.0 Å². The predicted molar refractivity (Wildman–Crippen MR) is 228 cm³/mol. The van der Waals surface area contributed by atoms with E-state index in [0.717, 1.165) is 32.9 Å². The topological polar surface area (TPSA) is 217 Å². The van der Waals surface area contributed by atoms with Crippen LogP contribution in [0.15, 0.2) is 146 Å². The number of halogens is 3. The molecule has 8 aromatic rings. The molecule has 0 saturated heterocycles. The summed E-state index contributed by atoms with van der Waals surface area (Å²) in [6.45, 7) is 0. The number of aromatic carboxylic acids is 3. The molecule has 320 valence electrons. The molecule has 0 aliphatic rings. The molecule has 0 radical (unpaired) electrons. The molecule has 6 heterocycles. The molecule has 2 aromatic carbocycles. The van der Waals surface area contributed by atoms with Gasteiger partial charge in [0.2, 0.25) is 0 Å². The summed E-state index contributed by atoms with van der Waals surface area (Å²) in [6, 6.07) is 36.3. The molecule has 0 aliphatic carbocycles. The summed E-state index contributed by atoms with van der Waals surface area (Å²) in [4.78, 5) is 53.6. The van der Waals surface area contributed by atoms with Crippen LogP contribution in [0.25, 0.3) is 44.6 Å². The monoisotopic (exact) mass is 986 g/mol. The van der Waals surface area contributed by atoms with E-state index in [1.165, 1.54) is 54.2 Å². The molecule has 0 bridgehead atoms. The number of nitrogens with zero attached hydrogens (tertiary/aromatic N) is 8. The molecule has 14 nitrogen and oxygen atoms in total. The molecule has 3 N–H and O–H groups in total. The van der Waals surface area contributed by atoms with E-state index < -0.39 is 29.8 Å². The first kappa shape index (κ1) is 47.3. The Bertz CT molecular complexity index is 2820. The standard InChI is InChI=1S/C25H16F3N4S.C18H11N3O6.CHNS.Ru/c26-25(27,28)23-15-21(30-31-23)20-12-11-17(16-29-20)22-13-14-24(33-22)32(18-7-3-1-4-8-18)19-9-5-2-6-10-19;22-16(23)9-1-3-19-12(5-9)14-7-11(18(26)27)8-15(21-14)13-6-10(17(24)25)2-4-20-13;2-1-3;/h1-16H;1-8H,(H,22,23)(H,24,25)(H,26,27);3H;/q-1;;;+2/p-1. The maximum Gasteiger partial charge on any atom is 2.00 e. The van der Waals surface area contributed by atoms with Crippen molar-refractivity contribution in [3.63, 3.8) is 0 Å². The Morgan fingerprint density at radius 1 is 0.656 bits per heavy atom. The number of benzene rings is 2. The summed E-state index contributed by atoms with van der Waals surface area (Å²) >= 11 is 5.30. The first-order valence-electron chi connectivity index (χ1n) is 18.0. The molecule has 0 spiro atoms. The second-order valence-electron chi connectivity index (χ2n) is 12.7. The third-order valence-electron chi connectivity index (χ3n) is 8.59. The van der Waals surface area contributed by atoms with Crippen LogP contribution < -0.4 is 10.00 Å². The third-order valence-corrected chi connectivity index (χ3v) is 9.71. The second-order valence-corrected chi connectivity index (χ2v) is 13.9. The van der Waals surface area contributed by atoms with Crippen molar-refractivity contribution in [1.82, 2.24) is 30.1 Å². The number of para-hydroxylation sites is 2. The minimum Gasteiger partial charge on any atom is -0.696 e. The third kappa shape index (κ3) is 11.8. The number of aromatic nitrogens is 6. The van der Waals surface area contributed by atoms with E-state index in [0.29, 0.717) is 5.69 Å². The number of carbonyl (C=O) groups is 3. The van der Waals surface area contributed by atoms with Crippen LogP contribution in [0.5, 0.6) is 0 Å². The molecule has 0 saturated carbocycles. The molecule has 20 heteroatoms.